The van der Waals surface area contributed by atoms with E-state index in [-0.39, 0.29) is 5.41 Å². The highest BCUT2D eigenvalue weighted by Gasteiger charge is 2.57. The van der Waals surface area contributed by atoms with E-state index >= 15 is 0 Å². The maximum absolute atomic E-state index is 6.14. The van der Waals surface area contributed by atoms with E-state index in [9.17, 15) is 0 Å². The molecule has 11 rings (SSSR count). The predicted molar refractivity (Wildman–Crippen MR) is 234 cm³/mol. The van der Waals surface area contributed by atoms with Crippen molar-refractivity contribution in [3.63, 3.8) is 0 Å². The normalized spacial score (nSPS) is 22.3. The molecule has 2 unspecified atom stereocenters. The molecule has 2 heteroatoms. The van der Waals surface area contributed by atoms with Crippen LogP contribution in [-0.2, 0) is 5.41 Å². The molecule has 0 aliphatic heterocycles. The van der Waals surface area contributed by atoms with Crippen molar-refractivity contribution in [3.05, 3.63) is 181 Å². The van der Waals surface area contributed by atoms with E-state index in [1.165, 1.54) is 81.0 Å². The summed E-state index contributed by atoms with van der Waals surface area (Å²) in [4.78, 5) is 2.43. The zero-order chi connectivity index (χ0) is 37.2. The lowest BCUT2D eigenvalue weighted by atomic mass is 9.62. The third-order valence-electron chi connectivity index (χ3n) is 13.7. The molecule has 3 saturated carbocycles. The standard InChI is InChI=1S/C54H44N2/c1-2-37-31-41-32-42-35-54(34-37,36-50(41)42)43-25-29-45(30-26-43)55(44-27-23-39(24-28-44)38-13-4-3-5-14-38)46-16-12-15-40(33-46)47-17-6-9-20-51(47)56-52-21-10-7-18-48(52)49-19-8-11-22-53(49)56/h1,3-30,33,37,41-42,50H,31-32,34-36H2/t37-,41-,42-,50?,54?/m0/s1. The first-order chi connectivity index (χ1) is 27.7. The average Bonchev–Trinajstić information content (AvgIpc) is 3.70. The molecule has 56 heavy (non-hydrogen) atoms. The van der Waals surface area contributed by atoms with Crippen LogP contribution in [0.2, 0.25) is 0 Å². The Balaban J connectivity index is 1.02. The minimum Gasteiger partial charge on any atom is -0.310 e. The third-order valence-corrected chi connectivity index (χ3v) is 13.7. The highest BCUT2D eigenvalue weighted by Crippen LogP contribution is 2.65. The van der Waals surface area contributed by atoms with Crippen LogP contribution in [0.15, 0.2) is 176 Å². The van der Waals surface area contributed by atoms with Crippen LogP contribution in [0.5, 0.6) is 0 Å². The van der Waals surface area contributed by atoms with Gasteiger partial charge in [0, 0.05) is 39.3 Å². The van der Waals surface area contributed by atoms with Gasteiger partial charge in [0.05, 0.1) is 16.7 Å². The number of hydrogen-bond donors (Lipinski definition) is 0. The molecule has 0 N–H and O–H groups in total. The first-order valence-electron chi connectivity index (χ1n) is 20.4. The summed E-state index contributed by atoms with van der Waals surface area (Å²) in [5.41, 5.74) is 13.5. The van der Waals surface area contributed by atoms with Gasteiger partial charge in [-0.3, -0.25) is 0 Å². The molecule has 3 fully saturated rings. The number of hydrogen-bond acceptors (Lipinski definition) is 1. The van der Waals surface area contributed by atoms with E-state index in [0.717, 1.165) is 41.2 Å². The molecule has 0 spiro atoms. The molecule has 3 aliphatic carbocycles. The van der Waals surface area contributed by atoms with E-state index in [1.807, 2.05) is 0 Å². The number of para-hydroxylation sites is 3. The third kappa shape index (κ3) is 5.33. The number of anilines is 3. The van der Waals surface area contributed by atoms with Crippen molar-refractivity contribution < 1.29 is 0 Å². The molecular formula is C54H44N2. The fourth-order valence-corrected chi connectivity index (χ4v) is 11.1. The summed E-state index contributed by atoms with van der Waals surface area (Å²) in [6.45, 7) is 0. The van der Waals surface area contributed by atoms with Crippen LogP contribution in [-0.4, -0.2) is 4.57 Å². The second kappa shape index (κ2) is 13.2. The summed E-state index contributed by atoms with van der Waals surface area (Å²) in [6, 6.07) is 64.7. The largest absolute Gasteiger partial charge is 0.310 e. The number of rotatable bonds is 7. The van der Waals surface area contributed by atoms with Gasteiger partial charge in [-0.05, 0) is 132 Å². The lowest BCUT2D eigenvalue weighted by molar-refractivity contribution is 0.0834. The van der Waals surface area contributed by atoms with Gasteiger partial charge in [0.1, 0.15) is 0 Å². The van der Waals surface area contributed by atoms with Crippen LogP contribution in [0, 0.1) is 36.0 Å². The van der Waals surface area contributed by atoms with Crippen molar-refractivity contribution in [2.45, 2.75) is 37.5 Å². The summed E-state index contributed by atoms with van der Waals surface area (Å²) >= 11 is 0. The minimum absolute atomic E-state index is 0.203. The van der Waals surface area contributed by atoms with Crippen molar-refractivity contribution in [1.29, 1.82) is 0 Å². The number of nitrogens with zero attached hydrogens (tertiary/aromatic N) is 2. The van der Waals surface area contributed by atoms with Gasteiger partial charge in [-0.25, -0.2) is 0 Å². The maximum Gasteiger partial charge on any atom is 0.0541 e. The fraction of sp³-hybridized carbons (Fsp3) is 0.185. The molecule has 0 saturated heterocycles. The molecule has 270 valence electrons. The second-order valence-electron chi connectivity index (χ2n) is 16.6. The SMILES string of the molecule is C#C[C@H]1C[C@H]2C[C@H]3CC(c4ccc(N(c5ccc(-c6ccccc6)cc5)c5cccc(-c6ccccc6-n6c7ccccc7c7ccccc76)c5)cc4)(CC23)C1. The van der Waals surface area contributed by atoms with Crippen molar-refractivity contribution in [3.8, 4) is 40.3 Å². The molecule has 1 aromatic heterocycles. The molecule has 5 atom stereocenters. The Hall–Kier alpha value is -6.30. The van der Waals surface area contributed by atoms with Crippen LogP contribution < -0.4 is 4.90 Å². The van der Waals surface area contributed by atoms with Gasteiger partial charge >= 0.3 is 0 Å². The number of aromatic nitrogens is 1. The number of fused-ring (bicyclic) bond motifs is 4. The van der Waals surface area contributed by atoms with Crippen LogP contribution in [0.4, 0.5) is 17.1 Å². The molecule has 3 aliphatic rings. The minimum atomic E-state index is 0.203. The van der Waals surface area contributed by atoms with Gasteiger partial charge in [0.15, 0.2) is 0 Å². The van der Waals surface area contributed by atoms with E-state index < -0.39 is 0 Å². The summed E-state index contributed by atoms with van der Waals surface area (Å²) in [7, 11) is 0. The van der Waals surface area contributed by atoms with Crippen LogP contribution in [0.3, 0.4) is 0 Å². The van der Waals surface area contributed by atoms with Crippen molar-refractivity contribution in [2.75, 3.05) is 4.90 Å². The van der Waals surface area contributed by atoms with Gasteiger partial charge in [-0.2, -0.15) is 0 Å². The molecule has 7 aromatic carbocycles. The van der Waals surface area contributed by atoms with E-state index in [4.69, 9.17) is 6.42 Å². The predicted octanol–water partition coefficient (Wildman–Crippen LogP) is 13.9. The van der Waals surface area contributed by atoms with Gasteiger partial charge in [0.25, 0.3) is 0 Å². The van der Waals surface area contributed by atoms with Gasteiger partial charge in [-0.15, -0.1) is 12.3 Å². The van der Waals surface area contributed by atoms with Crippen molar-refractivity contribution >= 4 is 38.9 Å². The molecule has 1 heterocycles. The molecule has 2 nitrogen and oxygen atoms in total. The van der Waals surface area contributed by atoms with Crippen molar-refractivity contribution in [2.24, 2.45) is 23.7 Å². The van der Waals surface area contributed by atoms with Crippen molar-refractivity contribution in [1.82, 2.24) is 4.57 Å². The first-order valence-corrected chi connectivity index (χ1v) is 20.4. The smallest absolute Gasteiger partial charge is 0.0541 e. The Morgan fingerprint density at radius 3 is 1.88 bits per heavy atom. The highest BCUT2D eigenvalue weighted by molar-refractivity contribution is 6.09. The second-order valence-corrected chi connectivity index (χ2v) is 16.6. The van der Waals surface area contributed by atoms with Gasteiger partial charge < -0.3 is 9.47 Å². The van der Waals surface area contributed by atoms with E-state index in [0.29, 0.717) is 5.92 Å². The van der Waals surface area contributed by atoms with Gasteiger partial charge in [-0.1, -0.05) is 121 Å². The first kappa shape index (κ1) is 33.1. The van der Waals surface area contributed by atoms with Crippen LogP contribution >= 0.6 is 0 Å². The Morgan fingerprint density at radius 1 is 0.518 bits per heavy atom. The van der Waals surface area contributed by atoms with Crippen LogP contribution in [0.1, 0.15) is 37.7 Å². The number of terminal acetylenes is 1. The molecule has 8 aromatic rings. The topological polar surface area (TPSA) is 8.17 Å². The summed E-state index contributed by atoms with van der Waals surface area (Å²) < 4.78 is 2.43. The lowest BCUT2D eigenvalue weighted by Gasteiger charge is -2.42. The zero-order valence-electron chi connectivity index (χ0n) is 31.6. The highest BCUT2D eigenvalue weighted by atomic mass is 15.1. The van der Waals surface area contributed by atoms with E-state index in [1.54, 1.807) is 0 Å². The Kier molecular flexibility index (Phi) is 7.78. The summed E-state index contributed by atoms with van der Waals surface area (Å²) in [5.74, 6) is 6.18. The van der Waals surface area contributed by atoms with Crippen LogP contribution in [0.25, 0.3) is 49.7 Å². The summed E-state index contributed by atoms with van der Waals surface area (Å²) in [5, 5.41) is 2.53. The Labute approximate surface area is 330 Å². The number of benzene rings is 7. The fourth-order valence-electron chi connectivity index (χ4n) is 11.1. The zero-order valence-corrected chi connectivity index (χ0v) is 31.6. The molecule has 0 amide bonds. The average molecular weight is 721 g/mol. The maximum atomic E-state index is 6.14. The van der Waals surface area contributed by atoms with E-state index in [2.05, 4.69) is 191 Å². The Morgan fingerprint density at radius 2 is 1.14 bits per heavy atom. The molecular weight excluding hydrogens is 677 g/mol. The molecule has 2 bridgehead atoms. The summed E-state index contributed by atoms with van der Waals surface area (Å²) in [6.07, 6.45) is 12.5. The quantitative estimate of drug-likeness (QED) is 0.149. The Bertz CT molecular complexity index is 2720. The lowest BCUT2D eigenvalue weighted by Crippen LogP contribution is -2.34. The monoisotopic (exact) mass is 720 g/mol. The molecule has 0 radical (unpaired) electrons. The van der Waals surface area contributed by atoms with Gasteiger partial charge in [0.2, 0.25) is 0 Å².